The third kappa shape index (κ3) is 9.85. The lowest BCUT2D eigenvalue weighted by Crippen LogP contribution is -2.41. The number of rotatable bonds is 12. The number of benzene rings is 6. The first kappa shape index (κ1) is 48.6. The van der Waals surface area contributed by atoms with E-state index < -0.39 is 46.6 Å². The number of aryl methyl sites for hydroxylation is 2. The second kappa shape index (κ2) is 18.0. The summed E-state index contributed by atoms with van der Waals surface area (Å²) in [5.74, 6) is 0.930. The van der Waals surface area contributed by atoms with Crippen LogP contribution in [-0.2, 0) is 9.13 Å². The molecule has 0 saturated heterocycles. The zero-order valence-corrected chi connectivity index (χ0v) is 47.2. The minimum absolute atomic E-state index is 0.465. The molecular formula is C56H74O2P2Si4. The fourth-order valence-corrected chi connectivity index (χ4v) is 20.7. The van der Waals surface area contributed by atoms with E-state index in [2.05, 4.69) is 226 Å². The van der Waals surface area contributed by atoms with E-state index in [9.17, 15) is 0 Å². The molecule has 1 fully saturated rings. The fraction of sp³-hybridized carbons (Fsp3) is 0.357. The highest BCUT2D eigenvalue weighted by atomic mass is 31.2. The molecule has 6 aromatic rings. The van der Waals surface area contributed by atoms with Gasteiger partial charge in [0.25, 0.3) is 0 Å². The summed E-state index contributed by atoms with van der Waals surface area (Å²) < 4.78 is 32.0. The largest absolute Gasteiger partial charge is 0.309 e. The first-order chi connectivity index (χ1) is 29.8. The Hall–Kier alpha value is -3.35. The summed E-state index contributed by atoms with van der Waals surface area (Å²) in [5.41, 5.74) is 5.29. The van der Waals surface area contributed by atoms with Gasteiger partial charge in [-0.05, 0) is 85.8 Å². The fourth-order valence-electron chi connectivity index (χ4n) is 9.91. The molecule has 0 radical (unpaired) electrons. The van der Waals surface area contributed by atoms with Crippen LogP contribution >= 0.6 is 14.3 Å². The van der Waals surface area contributed by atoms with Gasteiger partial charge in [-0.3, -0.25) is 0 Å². The first-order valence-corrected chi connectivity index (χ1v) is 41.1. The molecule has 0 N–H and O–H groups in total. The average Bonchev–Trinajstić information content (AvgIpc) is 3.25. The van der Waals surface area contributed by atoms with Gasteiger partial charge in [0, 0.05) is 31.8 Å². The van der Waals surface area contributed by atoms with Crippen LogP contribution in [0.25, 0.3) is 0 Å². The van der Waals surface area contributed by atoms with E-state index in [1.807, 2.05) is 0 Å². The monoisotopic (exact) mass is 952 g/mol. The molecule has 0 unspecified atom stereocenters. The van der Waals surface area contributed by atoms with Crippen LogP contribution in [0.5, 0.6) is 0 Å². The normalized spacial score (nSPS) is 16.8. The zero-order chi connectivity index (χ0) is 46.6. The highest BCUT2D eigenvalue weighted by molar-refractivity contribution is 7.85. The number of hydrogen-bond acceptors (Lipinski definition) is 2. The van der Waals surface area contributed by atoms with Crippen molar-refractivity contribution in [2.75, 3.05) is 0 Å². The Morgan fingerprint density at radius 3 is 0.797 bits per heavy atom. The van der Waals surface area contributed by atoms with Gasteiger partial charge in [-0.2, -0.15) is 0 Å². The van der Waals surface area contributed by atoms with Crippen molar-refractivity contribution < 1.29 is 9.13 Å². The molecule has 336 valence electrons. The molecule has 7 rings (SSSR count). The Balaban J connectivity index is 1.18. The maximum Gasteiger partial charge on any atom is 0.171 e. The van der Waals surface area contributed by atoms with Crippen LogP contribution in [0.4, 0.5) is 0 Å². The third-order valence-electron chi connectivity index (χ3n) is 14.1. The summed E-state index contributed by atoms with van der Waals surface area (Å²) in [4.78, 5) is 0. The van der Waals surface area contributed by atoms with E-state index in [1.165, 1.54) is 43.0 Å². The summed E-state index contributed by atoms with van der Waals surface area (Å²) in [7, 11) is -12.9. The van der Waals surface area contributed by atoms with E-state index in [0.29, 0.717) is 11.8 Å². The van der Waals surface area contributed by atoms with Crippen molar-refractivity contribution in [3.8, 4) is 0 Å². The standard InChI is InChI=1S/C56H74O2P2Si4/c1-41-35-49(59(57,45-19-15-23-51(37-45)61(3,4)5)46-20-16-24-52(38-46)62(6,7)8)31-33-55(41)43-27-29-44(30-28-43)56-34-32-50(36-42(56)2)60(58,47-21-17-25-53(39-47)63(9,10)11)48-22-18-26-54(40-48)64(12,13)14/h15-26,31-40,43-44H,27-30H2,1-14H3. The summed E-state index contributed by atoms with van der Waals surface area (Å²) in [6, 6.07) is 48.6. The highest BCUT2D eigenvalue weighted by Crippen LogP contribution is 2.47. The molecule has 64 heavy (non-hydrogen) atoms. The predicted octanol–water partition coefficient (Wildman–Crippen LogP) is 11.2. The second-order valence-electron chi connectivity index (χ2n) is 23.1. The highest BCUT2D eigenvalue weighted by Gasteiger charge is 2.36. The molecule has 2 nitrogen and oxygen atoms in total. The molecule has 0 bridgehead atoms. The van der Waals surface area contributed by atoms with Gasteiger partial charge in [-0.15, -0.1) is 0 Å². The molecular weight excluding hydrogens is 879 g/mol. The van der Waals surface area contributed by atoms with Gasteiger partial charge in [0.1, 0.15) is 0 Å². The molecule has 0 heterocycles. The zero-order valence-electron chi connectivity index (χ0n) is 41.4. The molecule has 0 amide bonds. The van der Waals surface area contributed by atoms with Crippen LogP contribution in [0.2, 0.25) is 78.6 Å². The molecule has 1 saturated carbocycles. The Kier molecular flexibility index (Phi) is 13.7. The smallest absolute Gasteiger partial charge is 0.171 e. The molecule has 6 aromatic carbocycles. The quantitative estimate of drug-likeness (QED) is 0.0905. The van der Waals surface area contributed by atoms with E-state index in [4.69, 9.17) is 0 Å². The Bertz CT molecular complexity index is 2460. The van der Waals surface area contributed by atoms with Crippen molar-refractivity contribution >= 4 is 99.2 Å². The summed E-state index contributed by atoms with van der Waals surface area (Å²) in [6.07, 6.45) is 4.47. The van der Waals surface area contributed by atoms with Gasteiger partial charge in [-0.25, -0.2) is 0 Å². The number of hydrogen-bond donors (Lipinski definition) is 0. The lowest BCUT2D eigenvalue weighted by Gasteiger charge is -2.32. The van der Waals surface area contributed by atoms with E-state index in [0.717, 1.165) is 57.5 Å². The van der Waals surface area contributed by atoms with Crippen molar-refractivity contribution in [2.45, 2.75) is 130 Å². The summed E-state index contributed by atoms with van der Waals surface area (Å²) in [5, 5.41) is 11.0. The van der Waals surface area contributed by atoms with Gasteiger partial charge in [0.15, 0.2) is 14.3 Å². The maximum absolute atomic E-state index is 16.0. The van der Waals surface area contributed by atoms with Crippen molar-refractivity contribution in [1.29, 1.82) is 0 Å². The maximum atomic E-state index is 16.0. The summed E-state index contributed by atoms with van der Waals surface area (Å²) >= 11 is 0. The molecule has 0 atom stereocenters. The van der Waals surface area contributed by atoms with Gasteiger partial charge < -0.3 is 9.13 Å². The van der Waals surface area contributed by atoms with Crippen molar-refractivity contribution in [3.05, 3.63) is 156 Å². The molecule has 1 aliphatic carbocycles. The lowest BCUT2D eigenvalue weighted by atomic mass is 9.74. The van der Waals surface area contributed by atoms with E-state index >= 15 is 9.13 Å². The van der Waals surface area contributed by atoms with Crippen LogP contribution < -0.4 is 52.6 Å². The van der Waals surface area contributed by atoms with Gasteiger partial charge in [-0.1, -0.05) is 221 Å². The minimum atomic E-state index is -3.16. The SMILES string of the molecule is Cc1cc(P(=O)(c2cccc([Si](C)(C)C)c2)c2cccc([Si](C)(C)C)c2)ccc1C1CCC(c2ccc(P(=O)(c3cccc([Si](C)(C)C)c3)c3cccc([Si](C)(C)C)c3)cc2C)CC1. The van der Waals surface area contributed by atoms with Crippen LogP contribution in [0, 0.1) is 13.8 Å². The van der Waals surface area contributed by atoms with Crippen LogP contribution in [-0.4, -0.2) is 32.3 Å². The first-order valence-electron chi connectivity index (χ1n) is 23.7. The van der Waals surface area contributed by atoms with Crippen molar-refractivity contribution in [1.82, 2.24) is 0 Å². The molecule has 1 aliphatic rings. The lowest BCUT2D eigenvalue weighted by molar-refractivity contribution is 0.394. The second-order valence-corrected chi connectivity index (χ2v) is 48.9. The molecule has 0 aromatic heterocycles. The van der Waals surface area contributed by atoms with Crippen molar-refractivity contribution in [3.63, 3.8) is 0 Å². The Labute approximate surface area is 391 Å². The predicted molar refractivity (Wildman–Crippen MR) is 297 cm³/mol. The van der Waals surface area contributed by atoms with Crippen molar-refractivity contribution in [2.24, 2.45) is 0 Å². The molecule has 8 heteroatoms. The van der Waals surface area contributed by atoms with Crippen LogP contribution in [0.15, 0.2) is 133 Å². The third-order valence-corrected chi connectivity index (χ3v) is 28.3. The van der Waals surface area contributed by atoms with E-state index in [1.54, 1.807) is 0 Å². The van der Waals surface area contributed by atoms with Gasteiger partial charge >= 0.3 is 0 Å². The molecule has 0 aliphatic heterocycles. The van der Waals surface area contributed by atoms with Gasteiger partial charge in [0.05, 0.1) is 32.3 Å². The Morgan fingerprint density at radius 2 is 0.578 bits per heavy atom. The van der Waals surface area contributed by atoms with Crippen LogP contribution in [0.3, 0.4) is 0 Å². The van der Waals surface area contributed by atoms with E-state index in [-0.39, 0.29) is 0 Å². The molecule has 0 spiro atoms. The van der Waals surface area contributed by atoms with Gasteiger partial charge in [0.2, 0.25) is 0 Å². The average molecular weight is 953 g/mol. The summed E-state index contributed by atoms with van der Waals surface area (Å²) in [6.45, 7) is 32.9. The van der Waals surface area contributed by atoms with Crippen LogP contribution in [0.1, 0.15) is 59.8 Å². The Morgan fingerprint density at radius 1 is 0.344 bits per heavy atom. The topological polar surface area (TPSA) is 34.1 Å². The minimum Gasteiger partial charge on any atom is -0.309 e.